The molecule has 1 aliphatic heterocycles. The van der Waals surface area contributed by atoms with Gasteiger partial charge in [0.1, 0.15) is 6.54 Å². The highest BCUT2D eigenvalue weighted by Crippen LogP contribution is 2.11. The summed E-state index contributed by atoms with van der Waals surface area (Å²) < 4.78 is 1.32. The van der Waals surface area contributed by atoms with Crippen molar-refractivity contribution in [1.82, 2.24) is 19.8 Å². The zero-order valence-corrected chi connectivity index (χ0v) is 16.3. The van der Waals surface area contributed by atoms with E-state index in [2.05, 4.69) is 10.3 Å². The number of carbonyl (C=O) groups excluding carboxylic acids is 2. The first kappa shape index (κ1) is 19.3. The van der Waals surface area contributed by atoms with Gasteiger partial charge in [0.2, 0.25) is 5.91 Å². The smallest absolute Gasteiger partial charge is 0.252 e. The molecular weight excluding hydrogens is 364 g/mol. The van der Waals surface area contributed by atoms with E-state index in [4.69, 9.17) is 0 Å². The average molecular weight is 388 g/mol. The van der Waals surface area contributed by atoms with Gasteiger partial charge in [-0.25, -0.2) is 4.98 Å². The van der Waals surface area contributed by atoms with Crippen molar-refractivity contribution in [2.24, 2.45) is 0 Å². The number of nitrogens with one attached hydrogen (secondary N) is 1. The summed E-state index contributed by atoms with van der Waals surface area (Å²) >= 11 is 1.61. The summed E-state index contributed by atoms with van der Waals surface area (Å²) in [7, 11) is 0. The van der Waals surface area contributed by atoms with Crippen molar-refractivity contribution >= 4 is 23.2 Å². The van der Waals surface area contributed by atoms with Gasteiger partial charge in [-0.05, 0) is 32.3 Å². The standard InChI is InChI=1S/C19H24N4O3S/c1-14-11-21-16(27-14)7-8-20-19(26)15-5-6-17(24)23(12-15)13-18(25)22-9-3-2-4-10-22/h5-6,11-12H,2-4,7-10,13H2,1H3,(H,20,26). The molecule has 8 heteroatoms. The van der Waals surface area contributed by atoms with Crippen LogP contribution in [0.1, 0.15) is 39.5 Å². The van der Waals surface area contributed by atoms with Crippen LogP contribution in [-0.4, -0.2) is 45.9 Å². The molecule has 2 aromatic heterocycles. The van der Waals surface area contributed by atoms with Crippen LogP contribution in [0.3, 0.4) is 0 Å². The van der Waals surface area contributed by atoms with Crippen molar-refractivity contribution < 1.29 is 9.59 Å². The predicted octanol–water partition coefficient (Wildman–Crippen LogP) is 1.60. The first-order valence-corrected chi connectivity index (χ1v) is 10.0. The highest BCUT2D eigenvalue weighted by molar-refractivity contribution is 7.11. The summed E-state index contributed by atoms with van der Waals surface area (Å²) in [6.45, 7) is 3.91. The summed E-state index contributed by atoms with van der Waals surface area (Å²) in [5, 5.41) is 3.81. The predicted molar refractivity (Wildman–Crippen MR) is 104 cm³/mol. The van der Waals surface area contributed by atoms with Crippen molar-refractivity contribution in [2.75, 3.05) is 19.6 Å². The molecule has 1 aliphatic rings. The zero-order chi connectivity index (χ0) is 19.2. The molecule has 7 nitrogen and oxygen atoms in total. The third-order valence-electron chi connectivity index (χ3n) is 4.55. The maximum Gasteiger partial charge on any atom is 0.252 e. The van der Waals surface area contributed by atoms with E-state index in [1.807, 2.05) is 13.1 Å². The van der Waals surface area contributed by atoms with Gasteiger partial charge >= 0.3 is 0 Å². The number of rotatable bonds is 6. The zero-order valence-electron chi connectivity index (χ0n) is 15.4. The van der Waals surface area contributed by atoms with E-state index in [-0.39, 0.29) is 23.9 Å². The Morgan fingerprint density at radius 2 is 2.00 bits per heavy atom. The molecule has 3 heterocycles. The molecule has 0 saturated carbocycles. The van der Waals surface area contributed by atoms with Gasteiger partial charge in [0.05, 0.1) is 10.6 Å². The van der Waals surface area contributed by atoms with E-state index < -0.39 is 0 Å². The minimum absolute atomic E-state index is 0.0294. The SMILES string of the molecule is Cc1cnc(CCNC(=O)c2ccc(=O)n(CC(=O)N3CCCCC3)c2)s1. The van der Waals surface area contributed by atoms with E-state index in [1.165, 1.54) is 22.9 Å². The number of nitrogens with zero attached hydrogens (tertiary/aromatic N) is 3. The minimum atomic E-state index is -0.282. The Balaban J connectivity index is 1.59. The average Bonchev–Trinajstić information content (AvgIpc) is 3.09. The van der Waals surface area contributed by atoms with Gasteiger partial charge in [-0.15, -0.1) is 11.3 Å². The lowest BCUT2D eigenvalue weighted by Crippen LogP contribution is -2.39. The van der Waals surface area contributed by atoms with Crippen LogP contribution in [0.5, 0.6) is 0 Å². The molecule has 0 unspecified atom stereocenters. The Bertz CT molecular complexity index is 868. The van der Waals surface area contributed by atoms with Gasteiger partial charge in [0.25, 0.3) is 11.5 Å². The number of pyridine rings is 1. The molecule has 1 N–H and O–H groups in total. The Hall–Kier alpha value is -2.48. The fourth-order valence-corrected chi connectivity index (χ4v) is 3.87. The van der Waals surface area contributed by atoms with Crippen molar-refractivity contribution in [2.45, 2.75) is 39.2 Å². The van der Waals surface area contributed by atoms with Gasteiger partial charge in [-0.1, -0.05) is 0 Å². The van der Waals surface area contributed by atoms with Gasteiger partial charge in [0, 0.05) is 49.4 Å². The number of carbonyl (C=O) groups is 2. The lowest BCUT2D eigenvalue weighted by molar-refractivity contribution is -0.132. The van der Waals surface area contributed by atoms with E-state index in [0.29, 0.717) is 18.5 Å². The summed E-state index contributed by atoms with van der Waals surface area (Å²) in [6, 6.07) is 2.83. The number of likely N-dealkylation sites (tertiary alicyclic amines) is 1. The van der Waals surface area contributed by atoms with E-state index in [9.17, 15) is 14.4 Å². The lowest BCUT2D eigenvalue weighted by atomic mass is 10.1. The lowest BCUT2D eigenvalue weighted by Gasteiger charge is -2.27. The molecule has 2 aromatic rings. The first-order valence-electron chi connectivity index (χ1n) is 9.21. The van der Waals surface area contributed by atoms with Gasteiger partial charge in [0.15, 0.2) is 0 Å². The van der Waals surface area contributed by atoms with Crippen molar-refractivity contribution in [3.05, 3.63) is 50.3 Å². The molecule has 144 valence electrons. The molecule has 0 radical (unpaired) electrons. The molecule has 0 aliphatic carbocycles. The Kier molecular flexibility index (Phi) is 6.39. The fraction of sp³-hybridized carbons (Fsp3) is 0.474. The second-order valence-electron chi connectivity index (χ2n) is 6.70. The van der Waals surface area contributed by atoms with Crippen LogP contribution in [0.25, 0.3) is 0 Å². The first-order chi connectivity index (χ1) is 13.0. The molecular formula is C19H24N4O3S. The fourth-order valence-electron chi connectivity index (χ4n) is 3.08. The van der Waals surface area contributed by atoms with E-state index in [1.54, 1.807) is 16.2 Å². The molecule has 0 atom stereocenters. The molecule has 0 aromatic carbocycles. The largest absolute Gasteiger partial charge is 0.352 e. The van der Waals surface area contributed by atoms with Crippen molar-refractivity contribution in [3.63, 3.8) is 0 Å². The number of piperidine rings is 1. The summed E-state index contributed by atoms with van der Waals surface area (Å²) in [6.07, 6.45) is 7.09. The van der Waals surface area contributed by atoms with Crippen LogP contribution in [0.15, 0.2) is 29.3 Å². The number of amides is 2. The van der Waals surface area contributed by atoms with E-state index >= 15 is 0 Å². The van der Waals surface area contributed by atoms with Crippen LogP contribution in [0, 0.1) is 6.92 Å². The normalized spacial score (nSPS) is 14.2. The van der Waals surface area contributed by atoms with Gasteiger partial charge < -0.3 is 14.8 Å². The molecule has 1 fully saturated rings. The summed E-state index contributed by atoms with van der Waals surface area (Å²) in [5.74, 6) is -0.337. The highest BCUT2D eigenvalue weighted by Gasteiger charge is 2.17. The second kappa shape index (κ2) is 8.94. The van der Waals surface area contributed by atoms with Crippen LogP contribution < -0.4 is 10.9 Å². The Morgan fingerprint density at radius 3 is 2.70 bits per heavy atom. The third kappa shape index (κ3) is 5.26. The topological polar surface area (TPSA) is 84.3 Å². The maximum atomic E-state index is 12.4. The maximum absolute atomic E-state index is 12.4. The Labute approximate surface area is 162 Å². The monoisotopic (exact) mass is 388 g/mol. The number of aryl methyl sites for hydroxylation is 1. The number of hydrogen-bond donors (Lipinski definition) is 1. The Morgan fingerprint density at radius 1 is 1.22 bits per heavy atom. The van der Waals surface area contributed by atoms with Crippen molar-refractivity contribution in [1.29, 1.82) is 0 Å². The summed E-state index contributed by atoms with van der Waals surface area (Å²) in [4.78, 5) is 44.0. The van der Waals surface area contributed by atoms with E-state index in [0.717, 1.165) is 42.2 Å². The third-order valence-corrected chi connectivity index (χ3v) is 5.53. The van der Waals surface area contributed by atoms with Crippen LogP contribution in [0.4, 0.5) is 0 Å². The number of hydrogen-bond acceptors (Lipinski definition) is 5. The molecule has 2 amide bonds. The molecule has 0 bridgehead atoms. The van der Waals surface area contributed by atoms with Gasteiger partial charge in [-0.3, -0.25) is 14.4 Å². The highest BCUT2D eigenvalue weighted by atomic mass is 32.1. The summed E-state index contributed by atoms with van der Waals surface area (Å²) in [5.41, 5.74) is 0.0894. The van der Waals surface area contributed by atoms with Crippen molar-refractivity contribution in [3.8, 4) is 0 Å². The molecule has 27 heavy (non-hydrogen) atoms. The second-order valence-corrected chi connectivity index (χ2v) is 8.02. The molecule has 1 saturated heterocycles. The van der Waals surface area contributed by atoms with Crippen LogP contribution >= 0.6 is 11.3 Å². The molecule has 0 spiro atoms. The number of thiazole rings is 1. The van der Waals surface area contributed by atoms with Gasteiger partial charge in [-0.2, -0.15) is 0 Å². The van der Waals surface area contributed by atoms with Crippen LogP contribution in [0.2, 0.25) is 0 Å². The minimum Gasteiger partial charge on any atom is -0.352 e. The quantitative estimate of drug-likeness (QED) is 0.815. The number of aromatic nitrogens is 2. The van der Waals surface area contributed by atoms with Crippen LogP contribution in [-0.2, 0) is 17.8 Å². The molecule has 3 rings (SSSR count).